The van der Waals surface area contributed by atoms with E-state index in [1.807, 2.05) is 0 Å². The van der Waals surface area contributed by atoms with Crippen molar-refractivity contribution in [1.82, 2.24) is 0 Å². The van der Waals surface area contributed by atoms with Crippen LogP contribution in [0.1, 0.15) is 15.9 Å². The SMILES string of the molecule is COc1ccc(C(=O)OC[C@@]2(O)CO[C@@H](OC[C@H]3O[C@@H](Oc4ccc(CO)cc4OC)[C@H](O)[C@@H](O)[C@@H]3O)[C@@H]2O)cc1. The second kappa shape index (κ2) is 13.3. The third-order valence-electron chi connectivity index (χ3n) is 6.83. The first kappa shape index (κ1) is 30.9. The zero-order valence-corrected chi connectivity index (χ0v) is 22.4. The maximum absolute atomic E-state index is 12.3. The highest BCUT2D eigenvalue weighted by atomic mass is 16.7. The molecule has 2 heterocycles. The first-order valence-electron chi connectivity index (χ1n) is 12.7. The van der Waals surface area contributed by atoms with Gasteiger partial charge in [-0.25, -0.2) is 4.79 Å². The Balaban J connectivity index is 1.33. The van der Waals surface area contributed by atoms with Gasteiger partial charge in [0.25, 0.3) is 0 Å². The fourth-order valence-electron chi connectivity index (χ4n) is 4.30. The number of aliphatic hydroxyl groups excluding tert-OH is 5. The van der Waals surface area contributed by atoms with Gasteiger partial charge < -0.3 is 63.8 Å². The number of carbonyl (C=O) groups is 1. The second-order valence-electron chi connectivity index (χ2n) is 9.64. The maximum atomic E-state index is 12.3. The van der Waals surface area contributed by atoms with Crippen molar-refractivity contribution in [2.75, 3.05) is 34.0 Å². The summed E-state index contributed by atoms with van der Waals surface area (Å²) >= 11 is 0. The van der Waals surface area contributed by atoms with Crippen LogP contribution in [0.25, 0.3) is 0 Å². The van der Waals surface area contributed by atoms with Gasteiger partial charge in [0.1, 0.15) is 42.9 Å². The Morgan fingerprint density at radius 1 is 0.951 bits per heavy atom. The predicted molar refractivity (Wildman–Crippen MR) is 136 cm³/mol. The summed E-state index contributed by atoms with van der Waals surface area (Å²) in [5, 5.41) is 62.0. The third-order valence-corrected chi connectivity index (χ3v) is 6.83. The molecule has 4 rings (SSSR count). The second-order valence-corrected chi connectivity index (χ2v) is 9.64. The smallest absolute Gasteiger partial charge is 0.338 e. The maximum Gasteiger partial charge on any atom is 0.338 e. The van der Waals surface area contributed by atoms with Crippen LogP contribution < -0.4 is 14.2 Å². The largest absolute Gasteiger partial charge is 0.497 e. The number of esters is 1. The molecule has 0 amide bonds. The highest BCUT2D eigenvalue weighted by Gasteiger charge is 2.51. The van der Waals surface area contributed by atoms with E-state index in [0.717, 1.165) is 0 Å². The lowest BCUT2D eigenvalue weighted by molar-refractivity contribution is -0.289. The van der Waals surface area contributed by atoms with E-state index in [2.05, 4.69) is 0 Å². The van der Waals surface area contributed by atoms with Gasteiger partial charge in [0.15, 0.2) is 23.4 Å². The number of methoxy groups -OCH3 is 2. The van der Waals surface area contributed by atoms with E-state index in [9.17, 15) is 35.4 Å². The van der Waals surface area contributed by atoms with Crippen LogP contribution in [0.4, 0.5) is 0 Å². The lowest BCUT2D eigenvalue weighted by Crippen LogP contribution is -2.60. The van der Waals surface area contributed by atoms with E-state index in [-0.39, 0.29) is 23.7 Å². The molecule has 2 aliphatic heterocycles. The summed E-state index contributed by atoms with van der Waals surface area (Å²) in [6.07, 6.45) is -10.7. The molecule has 2 aromatic rings. The molecule has 2 saturated heterocycles. The topological polar surface area (TPSA) is 203 Å². The van der Waals surface area contributed by atoms with Crippen LogP contribution in [0.3, 0.4) is 0 Å². The first-order chi connectivity index (χ1) is 19.6. The van der Waals surface area contributed by atoms with E-state index in [0.29, 0.717) is 11.3 Å². The Kier molecular flexibility index (Phi) is 10.0. The summed E-state index contributed by atoms with van der Waals surface area (Å²) in [6, 6.07) is 10.7. The summed E-state index contributed by atoms with van der Waals surface area (Å²) in [5.41, 5.74) is -1.23. The van der Waals surface area contributed by atoms with Gasteiger partial charge >= 0.3 is 5.97 Å². The average molecular weight is 583 g/mol. The first-order valence-corrected chi connectivity index (χ1v) is 12.7. The van der Waals surface area contributed by atoms with Gasteiger partial charge in [-0.3, -0.25) is 0 Å². The number of hydrogen-bond donors (Lipinski definition) is 6. The molecular formula is C27H34O14. The fourth-order valence-corrected chi connectivity index (χ4v) is 4.30. The van der Waals surface area contributed by atoms with Crippen molar-refractivity contribution in [2.45, 2.75) is 55.3 Å². The molecule has 41 heavy (non-hydrogen) atoms. The van der Waals surface area contributed by atoms with Crippen LogP contribution in [-0.2, 0) is 25.6 Å². The minimum atomic E-state index is -1.99. The molecule has 2 aromatic carbocycles. The van der Waals surface area contributed by atoms with Crippen LogP contribution in [-0.4, -0.2) is 119 Å². The van der Waals surface area contributed by atoms with Crippen LogP contribution >= 0.6 is 0 Å². The lowest BCUT2D eigenvalue weighted by Gasteiger charge is -2.40. The summed E-state index contributed by atoms with van der Waals surface area (Å²) in [4.78, 5) is 12.3. The van der Waals surface area contributed by atoms with Crippen molar-refractivity contribution >= 4 is 5.97 Å². The number of hydrogen-bond acceptors (Lipinski definition) is 14. The summed E-state index contributed by atoms with van der Waals surface area (Å²) < 4.78 is 37.6. The molecule has 0 unspecified atom stereocenters. The summed E-state index contributed by atoms with van der Waals surface area (Å²) in [6.45, 7) is -1.72. The number of benzene rings is 2. The van der Waals surface area contributed by atoms with Crippen LogP contribution in [0, 0.1) is 0 Å². The molecule has 0 aromatic heterocycles. The molecule has 0 bridgehead atoms. The predicted octanol–water partition coefficient (Wildman–Crippen LogP) is -1.30. The molecular weight excluding hydrogens is 548 g/mol. The lowest BCUT2D eigenvalue weighted by atomic mass is 9.99. The molecule has 0 aliphatic carbocycles. The quantitative estimate of drug-likeness (QED) is 0.171. The zero-order valence-electron chi connectivity index (χ0n) is 22.4. The molecule has 2 fully saturated rings. The van der Waals surface area contributed by atoms with Crippen LogP contribution in [0.15, 0.2) is 42.5 Å². The molecule has 0 radical (unpaired) electrons. The molecule has 14 heteroatoms. The zero-order chi connectivity index (χ0) is 29.7. The van der Waals surface area contributed by atoms with Crippen LogP contribution in [0.5, 0.6) is 17.2 Å². The van der Waals surface area contributed by atoms with Gasteiger partial charge in [0.05, 0.1) is 39.6 Å². The highest BCUT2D eigenvalue weighted by Crippen LogP contribution is 2.33. The minimum Gasteiger partial charge on any atom is -0.497 e. The number of aliphatic hydroxyl groups is 6. The third kappa shape index (κ3) is 6.89. The standard InChI is InChI=1S/C27H34O14/c1-35-16-6-4-15(5-7-16)24(33)38-12-27(34)13-39-26(23(27)32)37-11-19-20(29)21(30)22(31)25(41-19)40-17-8-3-14(10-28)9-18(17)36-2/h3-9,19-23,25-26,28-32,34H,10-13H2,1-2H3/t19-,20-,21+,22-,23+,25-,26-,27-/m1/s1. The number of rotatable bonds is 11. The van der Waals surface area contributed by atoms with E-state index in [1.54, 1.807) is 18.2 Å². The van der Waals surface area contributed by atoms with Gasteiger partial charge in [-0.15, -0.1) is 0 Å². The summed E-state index contributed by atoms with van der Waals surface area (Å²) in [5.74, 6) is 0.178. The Hall–Kier alpha value is -3.05. The van der Waals surface area contributed by atoms with Crippen LogP contribution in [0.2, 0.25) is 0 Å². The van der Waals surface area contributed by atoms with E-state index < -0.39 is 74.5 Å². The van der Waals surface area contributed by atoms with E-state index in [4.69, 9.17) is 33.2 Å². The molecule has 8 atom stereocenters. The average Bonchev–Trinajstić information content (AvgIpc) is 3.28. The van der Waals surface area contributed by atoms with Gasteiger partial charge in [-0.2, -0.15) is 0 Å². The Morgan fingerprint density at radius 2 is 1.68 bits per heavy atom. The van der Waals surface area contributed by atoms with E-state index in [1.165, 1.54) is 38.5 Å². The Labute approximate surface area is 235 Å². The molecule has 226 valence electrons. The normalized spacial score (nSPS) is 31.5. The molecule has 6 N–H and O–H groups in total. The molecule has 14 nitrogen and oxygen atoms in total. The Bertz CT molecular complexity index is 1160. The molecule has 2 aliphatic rings. The van der Waals surface area contributed by atoms with Gasteiger partial charge in [0, 0.05) is 0 Å². The van der Waals surface area contributed by atoms with E-state index >= 15 is 0 Å². The van der Waals surface area contributed by atoms with Crippen molar-refractivity contribution in [3.05, 3.63) is 53.6 Å². The monoisotopic (exact) mass is 582 g/mol. The fraction of sp³-hybridized carbons (Fsp3) is 0.519. The summed E-state index contributed by atoms with van der Waals surface area (Å²) in [7, 11) is 2.86. The van der Waals surface area contributed by atoms with Crippen molar-refractivity contribution in [3.63, 3.8) is 0 Å². The Morgan fingerprint density at radius 3 is 2.34 bits per heavy atom. The minimum absolute atomic E-state index is 0.140. The highest BCUT2D eigenvalue weighted by molar-refractivity contribution is 5.89. The van der Waals surface area contributed by atoms with Gasteiger partial charge in [0.2, 0.25) is 6.29 Å². The van der Waals surface area contributed by atoms with Crippen molar-refractivity contribution < 1.29 is 68.6 Å². The van der Waals surface area contributed by atoms with Gasteiger partial charge in [-0.05, 0) is 42.0 Å². The van der Waals surface area contributed by atoms with Crippen molar-refractivity contribution in [3.8, 4) is 17.2 Å². The number of ether oxygens (including phenoxy) is 7. The van der Waals surface area contributed by atoms with Crippen molar-refractivity contribution in [1.29, 1.82) is 0 Å². The molecule has 0 saturated carbocycles. The van der Waals surface area contributed by atoms with Crippen molar-refractivity contribution in [2.24, 2.45) is 0 Å². The molecule has 0 spiro atoms. The number of carbonyl (C=O) groups excluding carboxylic acids is 1. The van der Waals surface area contributed by atoms with Gasteiger partial charge in [-0.1, -0.05) is 6.07 Å².